The van der Waals surface area contributed by atoms with Crippen LogP contribution in [0.25, 0.3) is 0 Å². The first-order valence-corrected chi connectivity index (χ1v) is 5.56. The Balaban J connectivity index is 2.86. The van der Waals surface area contributed by atoms with Crippen LogP contribution in [0.1, 0.15) is 23.7 Å². The van der Waals surface area contributed by atoms with Crippen molar-refractivity contribution in [2.24, 2.45) is 0 Å². The van der Waals surface area contributed by atoms with E-state index in [1.807, 2.05) is 0 Å². The topological polar surface area (TPSA) is 79.3 Å². The molecule has 1 heterocycles. The second-order valence-corrected chi connectivity index (χ2v) is 4.05. The summed E-state index contributed by atoms with van der Waals surface area (Å²) in [5, 5.41) is 11.3. The van der Waals surface area contributed by atoms with E-state index in [-0.39, 0.29) is 22.3 Å². The molecule has 0 radical (unpaired) electrons. The van der Waals surface area contributed by atoms with Gasteiger partial charge in [0.25, 0.3) is 5.91 Å². The summed E-state index contributed by atoms with van der Waals surface area (Å²) in [5.74, 6) is -1.64. The van der Waals surface area contributed by atoms with Crippen LogP contribution in [0.15, 0.2) is 12.1 Å². The number of carboxylic acid groups (broad SMARTS) is 1. The number of carbonyl (C=O) groups excluding carboxylic acids is 1. The van der Waals surface area contributed by atoms with Crippen molar-refractivity contribution in [3.8, 4) is 0 Å². The lowest BCUT2D eigenvalue weighted by atomic mass is 10.2. The smallest absolute Gasteiger partial charge is 0.326 e. The van der Waals surface area contributed by atoms with Crippen molar-refractivity contribution in [2.45, 2.75) is 19.4 Å². The van der Waals surface area contributed by atoms with Gasteiger partial charge < -0.3 is 10.4 Å². The average Bonchev–Trinajstić information content (AvgIpc) is 2.23. The molecule has 0 aliphatic rings. The van der Waals surface area contributed by atoms with E-state index in [9.17, 15) is 9.59 Å². The third kappa shape index (κ3) is 3.87. The first-order valence-electron chi connectivity index (χ1n) is 4.80. The lowest BCUT2D eigenvalue weighted by molar-refractivity contribution is -0.139. The van der Waals surface area contributed by atoms with Crippen LogP contribution in [0.4, 0.5) is 0 Å². The van der Waals surface area contributed by atoms with E-state index >= 15 is 0 Å². The fourth-order valence-electron chi connectivity index (χ4n) is 1.18. The second-order valence-electron chi connectivity index (χ2n) is 3.27. The molecule has 0 aliphatic carbocycles. The molecule has 0 fully saturated rings. The minimum atomic E-state index is -1.09. The number of carboxylic acids is 1. The molecule has 5 nitrogen and oxygen atoms in total. The van der Waals surface area contributed by atoms with Gasteiger partial charge in [-0.15, -0.1) is 0 Å². The number of halogens is 2. The first kappa shape index (κ1) is 13.7. The Morgan fingerprint density at radius 3 is 2.35 bits per heavy atom. The highest BCUT2D eigenvalue weighted by Crippen LogP contribution is 2.14. The zero-order chi connectivity index (χ0) is 13.0. The molecular formula is C10H10Cl2N2O3. The molecule has 1 atom stereocenters. The largest absolute Gasteiger partial charge is 0.480 e. The minimum Gasteiger partial charge on any atom is -0.480 e. The van der Waals surface area contributed by atoms with Crippen molar-refractivity contribution in [2.75, 3.05) is 0 Å². The number of pyridine rings is 1. The Labute approximate surface area is 108 Å². The highest BCUT2D eigenvalue weighted by molar-refractivity contribution is 6.33. The molecule has 1 amide bonds. The van der Waals surface area contributed by atoms with E-state index in [4.69, 9.17) is 28.3 Å². The number of aliphatic carboxylic acids is 1. The van der Waals surface area contributed by atoms with Gasteiger partial charge in [0, 0.05) is 5.56 Å². The van der Waals surface area contributed by atoms with Gasteiger partial charge in [-0.25, -0.2) is 9.78 Å². The summed E-state index contributed by atoms with van der Waals surface area (Å²) in [7, 11) is 0. The SMILES string of the molecule is CC[C@H](NC(=O)c1cc(Cl)nc(Cl)c1)C(=O)O. The number of rotatable bonds is 4. The van der Waals surface area contributed by atoms with Gasteiger partial charge in [0.15, 0.2) is 0 Å². The van der Waals surface area contributed by atoms with Gasteiger partial charge in [0.2, 0.25) is 0 Å². The van der Waals surface area contributed by atoms with Crippen molar-refractivity contribution in [3.05, 3.63) is 28.0 Å². The van der Waals surface area contributed by atoms with E-state index in [1.165, 1.54) is 12.1 Å². The maximum absolute atomic E-state index is 11.7. The van der Waals surface area contributed by atoms with Crippen LogP contribution < -0.4 is 5.32 Å². The molecule has 7 heteroatoms. The molecule has 2 N–H and O–H groups in total. The zero-order valence-corrected chi connectivity index (χ0v) is 10.4. The predicted octanol–water partition coefficient (Wildman–Crippen LogP) is 1.98. The zero-order valence-electron chi connectivity index (χ0n) is 8.91. The van der Waals surface area contributed by atoms with Crippen LogP contribution in [-0.4, -0.2) is 28.0 Å². The van der Waals surface area contributed by atoms with Crippen LogP contribution in [0, 0.1) is 0 Å². The molecule has 0 bridgehead atoms. The Morgan fingerprint density at radius 1 is 1.41 bits per heavy atom. The maximum Gasteiger partial charge on any atom is 0.326 e. The number of carbonyl (C=O) groups is 2. The van der Waals surface area contributed by atoms with Gasteiger partial charge in [-0.1, -0.05) is 30.1 Å². The summed E-state index contributed by atoms with van der Waals surface area (Å²) >= 11 is 11.3. The van der Waals surface area contributed by atoms with E-state index in [2.05, 4.69) is 10.3 Å². The van der Waals surface area contributed by atoms with Crippen molar-refractivity contribution in [1.29, 1.82) is 0 Å². The van der Waals surface area contributed by atoms with Crippen molar-refractivity contribution < 1.29 is 14.7 Å². The molecule has 1 rings (SSSR count). The molecular weight excluding hydrogens is 267 g/mol. The fourth-order valence-corrected chi connectivity index (χ4v) is 1.64. The molecule has 17 heavy (non-hydrogen) atoms. The van der Waals surface area contributed by atoms with Crippen LogP contribution in [-0.2, 0) is 4.79 Å². The monoisotopic (exact) mass is 276 g/mol. The molecule has 1 aromatic heterocycles. The summed E-state index contributed by atoms with van der Waals surface area (Å²) in [6.07, 6.45) is 0.285. The normalized spacial score (nSPS) is 11.9. The number of nitrogens with one attached hydrogen (secondary N) is 1. The Kier molecular flexibility index (Phi) is 4.72. The van der Waals surface area contributed by atoms with Gasteiger partial charge in [0.05, 0.1) is 0 Å². The lowest BCUT2D eigenvalue weighted by Gasteiger charge is -2.12. The lowest BCUT2D eigenvalue weighted by Crippen LogP contribution is -2.40. The minimum absolute atomic E-state index is 0.0750. The quantitative estimate of drug-likeness (QED) is 0.825. The fraction of sp³-hybridized carbons (Fsp3) is 0.300. The number of amides is 1. The number of hydrogen-bond donors (Lipinski definition) is 2. The summed E-state index contributed by atoms with van der Waals surface area (Å²) in [5.41, 5.74) is 0.176. The Bertz CT molecular complexity index is 431. The third-order valence-corrected chi connectivity index (χ3v) is 2.42. The van der Waals surface area contributed by atoms with Gasteiger partial charge in [0.1, 0.15) is 16.3 Å². The molecule has 0 aromatic carbocycles. The van der Waals surface area contributed by atoms with Crippen LogP contribution >= 0.6 is 23.2 Å². The predicted molar refractivity (Wildman–Crippen MR) is 63.4 cm³/mol. The highest BCUT2D eigenvalue weighted by atomic mass is 35.5. The standard InChI is InChI=1S/C10H10Cl2N2O3/c1-2-6(10(16)17)13-9(15)5-3-7(11)14-8(12)4-5/h3-4,6H,2H2,1H3,(H,13,15)(H,16,17)/t6-/m0/s1. The van der Waals surface area contributed by atoms with Crippen LogP contribution in [0.3, 0.4) is 0 Å². The van der Waals surface area contributed by atoms with Crippen molar-refractivity contribution in [1.82, 2.24) is 10.3 Å². The molecule has 0 spiro atoms. The molecule has 92 valence electrons. The van der Waals surface area contributed by atoms with Gasteiger partial charge >= 0.3 is 5.97 Å². The third-order valence-electron chi connectivity index (χ3n) is 2.04. The number of nitrogens with zero attached hydrogens (tertiary/aromatic N) is 1. The number of aromatic nitrogens is 1. The van der Waals surface area contributed by atoms with E-state index in [0.29, 0.717) is 0 Å². The highest BCUT2D eigenvalue weighted by Gasteiger charge is 2.19. The van der Waals surface area contributed by atoms with Crippen LogP contribution in [0.5, 0.6) is 0 Å². The Hall–Kier alpha value is -1.33. The average molecular weight is 277 g/mol. The van der Waals surface area contributed by atoms with E-state index in [1.54, 1.807) is 6.92 Å². The first-order chi connectivity index (χ1) is 7.93. The van der Waals surface area contributed by atoms with E-state index < -0.39 is 17.9 Å². The second kappa shape index (κ2) is 5.84. The van der Waals surface area contributed by atoms with E-state index in [0.717, 1.165) is 0 Å². The summed E-state index contributed by atoms with van der Waals surface area (Å²) < 4.78 is 0. The summed E-state index contributed by atoms with van der Waals surface area (Å²) in [4.78, 5) is 26.1. The van der Waals surface area contributed by atoms with Gasteiger partial charge in [-0.3, -0.25) is 4.79 Å². The number of hydrogen-bond acceptors (Lipinski definition) is 3. The molecule has 0 unspecified atom stereocenters. The van der Waals surface area contributed by atoms with Crippen LogP contribution in [0.2, 0.25) is 10.3 Å². The molecule has 0 saturated heterocycles. The van der Waals surface area contributed by atoms with Gasteiger partial charge in [-0.05, 0) is 18.6 Å². The molecule has 0 aliphatic heterocycles. The summed E-state index contributed by atoms with van der Waals surface area (Å²) in [6, 6.07) is 1.70. The van der Waals surface area contributed by atoms with Crippen molar-refractivity contribution in [3.63, 3.8) is 0 Å². The van der Waals surface area contributed by atoms with Crippen molar-refractivity contribution >= 4 is 35.1 Å². The summed E-state index contributed by atoms with van der Waals surface area (Å²) in [6.45, 7) is 1.66. The van der Waals surface area contributed by atoms with Gasteiger partial charge in [-0.2, -0.15) is 0 Å². The molecule has 0 saturated carbocycles. The Morgan fingerprint density at radius 2 is 1.94 bits per heavy atom. The maximum atomic E-state index is 11.7. The molecule has 1 aromatic rings.